The van der Waals surface area contributed by atoms with E-state index < -0.39 is 11.6 Å². The third-order valence-corrected chi connectivity index (χ3v) is 2.78. The number of ketones is 1. The highest BCUT2D eigenvalue weighted by molar-refractivity contribution is 6.06. The van der Waals surface area contributed by atoms with Crippen molar-refractivity contribution in [3.63, 3.8) is 0 Å². The topological polar surface area (TPSA) is 69.2 Å². The lowest BCUT2D eigenvalue weighted by Gasteiger charge is -2.19. The maximum absolute atomic E-state index is 12.2. The van der Waals surface area contributed by atoms with Crippen molar-refractivity contribution in [2.24, 2.45) is 0 Å². The Labute approximate surface area is 129 Å². The molecule has 0 aliphatic rings. The maximum atomic E-state index is 12.2. The van der Waals surface area contributed by atoms with Crippen molar-refractivity contribution in [2.45, 2.75) is 32.8 Å². The number of carbonyl (C=O) groups excluding carboxylic acids is 2. The van der Waals surface area contributed by atoms with Crippen LogP contribution in [0.1, 0.15) is 37.6 Å². The van der Waals surface area contributed by atoms with E-state index in [9.17, 15) is 9.59 Å². The summed E-state index contributed by atoms with van der Waals surface area (Å²) in [6.45, 7) is 5.30. The van der Waals surface area contributed by atoms with Crippen molar-refractivity contribution in [1.82, 2.24) is 9.97 Å². The molecular weight excluding hydrogens is 280 g/mol. The summed E-state index contributed by atoms with van der Waals surface area (Å²) in [6, 6.07) is 6.88. The Morgan fingerprint density at radius 3 is 2.41 bits per heavy atom. The van der Waals surface area contributed by atoms with Crippen LogP contribution >= 0.6 is 0 Å². The van der Waals surface area contributed by atoms with Crippen molar-refractivity contribution in [3.8, 4) is 11.3 Å². The van der Waals surface area contributed by atoms with Crippen LogP contribution in [0.25, 0.3) is 11.3 Å². The van der Waals surface area contributed by atoms with Gasteiger partial charge in [-0.2, -0.15) is 0 Å². The maximum Gasteiger partial charge on any atom is 0.314 e. The average molecular weight is 298 g/mol. The van der Waals surface area contributed by atoms with E-state index in [1.165, 1.54) is 0 Å². The second kappa shape index (κ2) is 6.47. The molecule has 22 heavy (non-hydrogen) atoms. The van der Waals surface area contributed by atoms with Gasteiger partial charge < -0.3 is 4.74 Å². The average Bonchev–Trinajstić information content (AvgIpc) is 2.46. The summed E-state index contributed by atoms with van der Waals surface area (Å²) in [5, 5.41) is 0. The molecule has 0 aliphatic heterocycles. The molecule has 0 saturated heterocycles. The molecule has 114 valence electrons. The Morgan fingerprint density at radius 1 is 1.09 bits per heavy atom. The van der Waals surface area contributed by atoms with Crippen molar-refractivity contribution in [3.05, 3.63) is 48.4 Å². The number of hydrogen-bond donors (Lipinski definition) is 0. The fourth-order valence-corrected chi connectivity index (χ4v) is 1.90. The van der Waals surface area contributed by atoms with Crippen molar-refractivity contribution in [2.75, 3.05) is 0 Å². The van der Waals surface area contributed by atoms with Gasteiger partial charge in [0.05, 0.1) is 5.69 Å². The van der Waals surface area contributed by atoms with Gasteiger partial charge in [-0.15, -0.1) is 0 Å². The first-order valence-corrected chi connectivity index (χ1v) is 6.97. The van der Waals surface area contributed by atoms with Crippen molar-refractivity contribution in [1.29, 1.82) is 0 Å². The largest absolute Gasteiger partial charge is 0.460 e. The Kier molecular flexibility index (Phi) is 4.65. The van der Waals surface area contributed by atoms with E-state index >= 15 is 0 Å². The molecule has 0 aliphatic carbocycles. The van der Waals surface area contributed by atoms with Gasteiger partial charge in [0.1, 0.15) is 12.0 Å². The van der Waals surface area contributed by atoms with Gasteiger partial charge in [0.15, 0.2) is 5.78 Å². The molecule has 0 unspecified atom stereocenters. The molecule has 0 aromatic carbocycles. The molecule has 5 nitrogen and oxygen atoms in total. The minimum Gasteiger partial charge on any atom is -0.460 e. The predicted molar refractivity (Wildman–Crippen MR) is 82.3 cm³/mol. The van der Waals surface area contributed by atoms with Crippen LogP contribution in [-0.4, -0.2) is 27.3 Å². The second-order valence-electron chi connectivity index (χ2n) is 5.85. The molecule has 2 aromatic heterocycles. The van der Waals surface area contributed by atoms with Crippen LogP contribution < -0.4 is 0 Å². The van der Waals surface area contributed by atoms with Crippen LogP contribution in [0.2, 0.25) is 0 Å². The number of esters is 1. The molecule has 5 heteroatoms. The minimum atomic E-state index is -0.599. The zero-order valence-corrected chi connectivity index (χ0v) is 12.9. The number of hydrogen-bond acceptors (Lipinski definition) is 5. The van der Waals surface area contributed by atoms with Crippen LogP contribution in [0, 0.1) is 0 Å². The Hall–Kier alpha value is -2.56. The predicted octanol–water partition coefficient (Wildman–Crippen LogP) is 3.06. The van der Waals surface area contributed by atoms with E-state index in [1.807, 2.05) is 12.1 Å². The molecule has 2 rings (SSSR count). The summed E-state index contributed by atoms with van der Waals surface area (Å²) >= 11 is 0. The van der Waals surface area contributed by atoms with E-state index in [0.717, 1.165) is 5.56 Å². The molecule has 0 atom stereocenters. The van der Waals surface area contributed by atoms with Crippen molar-refractivity contribution < 1.29 is 14.3 Å². The lowest BCUT2D eigenvalue weighted by molar-refractivity contribution is -0.153. The third kappa shape index (κ3) is 4.48. The Bertz CT molecular complexity index is 676. The van der Waals surface area contributed by atoms with Gasteiger partial charge in [0.25, 0.3) is 0 Å². The molecule has 0 saturated carbocycles. The minimum absolute atomic E-state index is 0.281. The van der Waals surface area contributed by atoms with Crippen LogP contribution in [0.4, 0.5) is 0 Å². The molecule has 2 heterocycles. The number of pyridine rings is 2. The van der Waals surface area contributed by atoms with Gasteiger partial charge >= 0.3 is 5.97 Å². The van der Waals surface area contributed by atoms with E-state index in [0.29, 0.717) is 11.3 Å². The lowest BCUT2D eigenvalue weighted by Crippen LogP contribution is -2.25. The summed E-state index contributed by atoms with van der Waals surface area (Å²) in [5.41, 5.74) is 1.37. The van der Waals surface area contributed by atoms with Crippen LogP contribution in [-0.2, 0) is 9.53 Å². The fourth-order valence-electron chi connectivity index (χ4n) is 1.90. The molecule has 0 N–H and O–H groups in total. The van der Waals surface area contributed by atoms with Gasteiger partial charge in [0, 0.05) is 29.7 Å². The fraction of sp³-hybridized carbons (Fsp3) is 0.294. The number of Topliss-reactive ketones (excluding diaryl/α,β-unsaturated/α-hetero) is 1. The number of ether oxygens (including phenoxy) is 1. The second-order valence-corrected chi connectivity index (χ2v) is 5.85. The summed E-state index contributed by atoms with van der Waals surface area (Å²) in [4.78, 5) is 32.1. The van der Waals surface area contributed by atoms with Gasteiger partial charge in [-0.05, 0) is 45.0 Å². The third-order valence-electron chi connectivity index (χ3n) is 2.78. The Morgan fingerprint density at radius 2 is 1.77 bits per heavy atom. The number of nitrogens with zero attached hydrogens (tertiary/aromatic N) is 2. The smallest absolute Gasteiger partial charge is 0.314 e. The number of rotatable bonds is 4. The number of carbonyl (C=O) groups is 2. The highest BCUT2D eigenvalue weighted by Gasteiger charge is 2.20. The molecule has 2 aromatic rings. The molecule has 0 bridgehead atoms. The molecule has 0 radical (unpaired) electrons. The first-order chi connectivity index (χ1) is 10.3. The van der Waals surface area contributed by atoms with Crippen molar-refractivity contribution >= 4 is 11.8 Å². The zero-order chi connectivity index (χ0) is 16.2. The van der Waals surface area contributed by atoms with E-state index in [1.54, 1.807) is 51.5 Å². The summed E-state index contributed by atoms with van der Waals surface area (Å²) in [6.07, 6.45) is 4.59. The molecule has 0 fully saturated rings. The summed E-state index contributed by atoms with van der Waals surface area (Å²) in [7, 11) is 0. The van der Waals surface area contributed by atoms with Crippen LogP contribution in [0.5, 0.6) is 0 Å². The Balaban J connectivity index is 2.13. The van der Waals surface area contributed by atoms with E-state index in [-0.39, 0.29) is 12.2 Å². The van der Waals surface area contributed by atoms with Gasteiger partial charge in [-0.3, -0.25) is 19.6 Å². The normalized spacial score (nSPS) is 11.0. The SMILES string of the molecule is CC(C)(C)OC(=O)CC(=O)c1ccnc(-c2ccncc2)c1. The quantitative estimate of drug-likeness (QED) is 0.493. The first kappa shape index (κ1) is 15.8. The molecule has 0 spiro atoms. The zero-order valence-electron chi connectivity index (χ0n) is 12.9. The van der Waals surface area contributed by atoms with Crippen LogP contribution in [0.3, 0.4) is 0 Å². The molecule has 0 amide bonds. The van der Waals surface area contributed by atoms with Gasteiger partial charge in [-0.25, -0.2) is 0 Å². The highest BCUT2D eigenvalue weighted by atomic mass is 16.6. The first-order valence-electron chi connectivity index (χ1n) is 6.97. The summed E-state index contributed by atoms with van der Waals surface area (Å²) < 4.78 is 5.16. The molecular formula is C17H18N2O3. The van der Waals surface area contributed by atoms with E-state index in [4.69, 9.17) is 4.74 Å². The highest BCUT2D eigenvalue weighted by Crippen LogP contribution is 2.18. The summed E-state index contributed by atoms with van der Waals surface area (Å²) in [5.74, 6) is -0.813. The van der Waals surface area contributed by atoms with E-state index in [2.05, 4.69) is 9.97 Å². The standard InChI is InChI=1S/C17H18N2O3/c1-17(2,3)22-16(21)11-15(20)13-6-9-19-14(10-13)12-4-7-18-8-5-12/h4-10H,11H2,1-3H3. The van der Waals surface area contributed by atoms with Gasteiger partial charge in [0.2, 0.25) is 0 Å². The van der Waals surface area contributed by atoms with Gasteiger partial charge in [-0.1, -0.05) is 0 Å². The monoisotopic (exact) mass is 298 g/mol. The lowest BCUT2D eigenvalue weighted by atomic mass is 10.1. The number of aromatic nitrogens is 2. The van der Waals surface area contributed by atoms with Crippen LogP contribution in [0.15, 0.2) is 42.9 Å².